The number of nitriles is 1. The number of ether oxygens (including phenoxy) is 1. The average molecular weight is 412 g/mol. The van der Waals surface area contributed by atoms with E-state index in [0.717, 1.165) is 12.8 Å². The number of benzene rings is 1. The molecule has 1 aromatic carbocycles. The van der Waals surface area contributed by atoms with Gasteiger partial charge in [0.25, 0.3) is 0 Å². The van der Waals surface area contributed by atoms with Gasteiger partial charge in [-0.05, 0) is 43.5 Å². The van der Waals surface area contributed by atoms with E-state index >= 15 is 0 Å². The molecule has 2 saturated heterocycles. The van der Waals surface area contributed by atoms with Crippen molar-refractivity contribution in [3.05, 3.63) is 29.3 Å². The lowest BCUT2D eigenvalue weighted by molar-refractivity contribution is -0.126. The van der Waals surface area contributed by atoms with E-state index in [0.29, 0.717) is 24.8 Å². The van der Waals surface area contributed by atoms with E-state index < -0.39 is 21.1 Å². The number of carbonyl (C=O) groups excluding carboxylic acids is 1. The van der Waals surface area contributed by atoms with Crippen LogP contribution in [0.5, 0.6) is 0 Å². The molecule has 2 atom stereocenters. The number of likely N-dealkylation sites (tertiary alicyclic amines) is 1. The van der Waals surface area contributed by atoms with E-state index in [4.69, 9.17) is 21.6 Å². The molecule has 1 N–H and O–H groups in total. The smallest absolute Gasteiger partial charge is 0.238 e. The Morgan fingerprint density at radius 3 is 2.59 bits per heavy atom. The maximum Gasteiger partial charge on any atom is 0.238 e. The summed E-state index contributed by atoms with van der Waals surface area (Å²) in [5.74, 6) is -0.295. The maximum atomic E-state index is 13.1. The van der Waals surface area contributed by atoms with E-state index in [1.807, 2.05) is 11.0 Å². The minimum absolute atomic E-state index is 0.0917. The highest BCUT2D eigenvalue weighted by Crippen LogP contribution is 2.32. The van der Waals surface area contributed by atoms with Crippen LogP contribution in [0.1, 0.15) is 19.3 Å². The summed E-state index contributed by atoms with van der Waals surface area (Å²) in [6, 6.07) is 7.53. The molecule has 2 aliphatic heterocycles. The second-order valence-electron chi connectivity index (χ2n) is 6.79. The zero-order chi connectivity index (χ0) is 19.4. The van der Waals surface area contributed by atoms with Crippen LogP contribution in [-0.4, -0.2) is 62.9 Å². The maximum absolute atomic E-state index is 13.1. The highest BCUT2D eigenvalue weighted by Gasteiger charge is 2.45. The first-order chi connectivity index (χ1) is 12.9. The van der Waals surface area contributed by atoms with Crippen LogP contribution in [0.15, 0.2) is 29.2 Å². The normalized spacial score (nSPS) is 24.4. The van der Waals surface area contributed by atoms with Crippen molar-refractivity contribution >= 4 is 27.3 Å². The van der Waals surface area contributed by atoms with Gasteiger partial charge >= 0.3 is 0 Å². The highest BCUT2D eigenvalue weighted by molar-refractivity contribution is 7.92. The third-order valence-corrected chi connectivity index (χ3v) is 7.59. The van der Waals surface area contributed by atoms with Crippen molar-refractivity contribution in [2.45, 2.75) is 41.5 Å². The second-order valence-corrected chi connectivity index (χ2v) is 9.45. The van der Waals surface area contributed by atoms with Crippen LogP contribution in [-0.2, 0) is 19.4 Å². The van der Waals surface area contributed by atoms with E-state index in [9.17, 15) is 13.2 Å². The molecule has 0 unspecified atom stereocenters. The molecule has 0 spiro atoms. The lowest BCUT2D eigenvalue weighted by Gasteiger charge is -2.34. The third-order valence-electron chi connectivity index (χ3n) is 5.19. The van der Waals surface area contributed by atoms with Crippen molar-refractivity contribution in [1.82, 2.24) is 10.2 Å². The van der Waals surface area contributed by atoms with Gasteiger partial charge in [0, 0.05) is 30.8 Å². The molecule has 2 aliphatic rings. The average Bonchev–Trinajstić information content (AvgIpc) is 3.13. The fourth-order valence-electron chi connectivity index (χ4n) is 3.79. The van der Waals surface area contributed by atoms with Crippen LogP contribution in [0.3, 0.4) is 0 Å². The Kier molecular flexibility index (Phi) is 6.37. The molecular weight excluding hydrogens is 390 g/mol. The summed E-state index contributed by atoms with van der Waals surface area (Å²) in [5.41, 5.74) is 0. The molecule has 0 aromatic heterocycles. The van der Waals surface area contributed by atoms with Crippen LogP contribution >= 0.6 is 11.6 Å². The monoisotopic (exact) mass is 411 g/mol. The molecule has 0 bridgehead atoms. The van der Waals surface area contributed by atoms with Crippen LogP contribution in [0.2, 0.25) is 5.02 Å². The van der Waals surface area contributed by atoms with Gasteiger partial charge in [-0.3, -0.25) is 9.69 Å². The summed E-state index contributed by atoms with van der Waals surface area (Å²) >= 11 is 5.87. The number of halogens is 1. The molecule has 0 saturated carbocycles. The van der Waals surface area contributed by atoms with E-state index in [1.54, 1.807) is 12.1 Å². The molecule has 1 aromatic rings. The van der Waals surface area contributed by atoms with Gasteiger partial charge in [0.1, 0.15) is 6.54 Å². The van der Waals surface area contributed by atoms with Gasteiger partial charge in [-0.25, -0.2) is 8.42 Å². The second kappa shape index (κ2) is 8.57. The number of hydrogen-bond acceptors (Lipinski definition) is 6. The number of rotatable bonds is 5. The van der Waals surface area contributed by atoms with Gasteiger partial charge in [-0.15, -0.1) is 0 Å². The molecule has 27 heavy (non-hydrogen) atoms. The number of hydrogen-bond donors (Lipinski definition) is 1. The summed E-state index contributed by atoms with van der Waals surface area (Å²) < 4.78 is 31.5. The van der Waals surface area contributed by atoms with Crippen molar-refractivity contribution in [2.75, 3.05) is 26.3 Å². The third kappa shape index (κ3) is 4.43. The van der Waals surface area contributed by atoms with Gasteiger partial charge in [-0.1, -0.05) is 11.6 Å². The summed E-state index contributed by atoms with van der Waals surface area (Å²) in [6.07, 6.45) is 1.73. The first-order valence-electron chi connectivity index (χ1n) is 8.91. The molecule has 2 fully saturated rings. The van der Waals surface area contributed by atoms with Gasteiger partial charge in [0.2, 0.25) is 5.91 Å². The van der Waals surface area contributed by atoms with Crippen molar-refractivity contribution in [3.63, 3.8) is 0 Å². The Balaban J connectivity index is 1.83. The molecule has 7 nitrogen and oxygen atoms in total. The van der Waals surface area contributed by atoms with Gasteiger partial charge in [0.05, 0.1) is 22.3 Å². The topological polar surface area (TPSA) is 99.5 Å². The fraction of sp³-hybridized carbons (Fsp3) is 0.556. The summed E-state index contributed by atoms with van der Waals surface area (Å²) in [4.78, 5) is 14.8. The molecule has 9 heteroatoms. The van der Waals surface area contributed by atoms with Crippen molar-refractivity contribution in [3.8, 4) is 6.07 Å². The standard InChI is InChI=1S/C18H22ClN3O4S/c19-13-1-3-15(4-2-13)27(24,25)16-11-17(18(23)21-8-7-20)22(12-16)14-5-9-26-10-6-14/h1-4,14,16-17H,5-6,8-12H2,(H,21,23)/t16-,17+/m1/s1. The SMILES string of the molecule is N#CCNC(=O)[C@@H]1C[C@@H](S(=O)(=O)c2ccc(Cl)cc2)CN1C1CCOCC1. The zero-order valence-electron chi connectivity index (χ0n) is 14.8. The van der Waals surface area contributed by atoms with E-state index in [1.165, 1.54) is 12.1 Å². The Bertz CT molecular complexity index is 816. The predicted octanol–water partition coefficient (Wildman–Crippen LogP) is 1.38. The van der Waals surface area contributed by atoms with Gasteiger partial charge in [0.15, 0.2) is 9.84 Å². The molecule has 0 radical (unpaired) electrons. The zero-order valence-corrected chi connectivity index (χ0v) is 16.4. The Hall–Kier alpha value is -1.66. The van der Waals surface area contributed by atoms with Gasteiger partial charge in [-0.2, -0.15) is 5.26 Å². The molecule has 1 amide bonds. The molecule has 146 valence electrons. The number of carbonyl (C=O) groups is 1. The molecule has 3 rings (SSSR count). The highest BCUT2D eigenvalue weighted by atomic mass is 35.5. The van der Waals surface area contributed by atoms with Crippen LogP contribution in [0, 0.1) is 11.3 Å². The van der Waals surface area contributed by atoms with Gasteiger partial charge < -0.3 is 10.1 Å². The Labute approximate surface area is 164 Å². The molecule has 2 heterocycles. The largest absolute Gasteiger partial charge is 0.381 e. The number of nitrogens with zero attached hydrogens (tertiary/aromatic N) is 2. The number of amides is 1. The fourth-order valence-corrected chi connectivity index (χ4v) is 5.62. The van der Waals surface area contributed by atoms with Crippen molar-refractivity contribution in [1.29, 1.82) is 5.26 Å². The quantitative estimate of drug-likeness (QED) is 0.734. The van der Waals surface area contributed by atoms with Crippen LogP contribution < -0.4 is 5.32 Å². The first kappa shape index (κ1) is 20.1. The Morgan fingerprint density at radius 1 is 1.30 bits per heavy atom. The first-order valence-corrected chi connectivity index (χ1v) is 10.8. The van der Waals surface area contributed by atoms with Crippen LogP contribution in [0.25, 0.3) is 0 Å². The van der Waals surface area contributed by atoms with E-state index in [-0.39, 0.29) is 29.8 Å². The summed E-state index contributed by atoms with van der Waals surface area (Å²) in [6.45, 7) is 1.40. The van der Waals surface area contributed by atoms with Crippen molar-refractivity contribution in [2.24, 2.45) is 0 Å². The number of nitrogens with one attached hydrogen (secondary N) is 1. The minimum Gasteiger partial charge on any atom is -0.381 e. The summed E-state index contributed by atoms with van der Waals surface area (Å²) in [7, 11) is -3.59. The molecule has 0 aliphatic carbocycles. The summed E-state index contributed by atoms with van der Waals surface area (Å²) in [5, 5.41) is 11.1. The van der Waals surface area contributed by atoms with E-state index in [2.05, 4.69) is 5.32 Å². The van der Waals surface area contributed by atoms with Crippen LogP contribution in [0.4, 0.5) is 0 Å². The molecular formula is C18H22ClN3O4S. The Morgan fingerprint density at radius 2 is 1.96 bits per heavy atom. The van der Waals surface area contributed by atoms with Crippen molar-refractivity contribution < 1.29 is 17.9 Å². The lowest BCUT2D eigenvalue weighted by atomic mass is 10.1. The lowest BCUT2D eigenvalue weighted by Crippen LogP contribution is -2.49. The number of sulfone groups is 1. The predicted molar refractivity (Wildman–Crippen MR) is 100 cm³/mol. The minimum atomic E-state index is -3.59.